The number of carbonyl (C=O) groups excluding carboxylic acids is 1. The van der Waals surface area contributed by atoms with Gasteiger partial charge in [-0.1, -0.05) is 0 Å². The Morgan fingerprint density at radius 2 is 2.40 bits per heavy atom. The molecule has 1 aromatic heterocycles. The highest BCUT2D eigenvalue weighted by Gasteiger charge is 2.01. The molecule has 82 valence electrons. The fourth-order valence-electron chi connectivity index (χ4n) is 1.11. The number of carbonyl (C=O) groups is 1. The summed E-state index contributed by atoms with van der Waals surface area (Å²) in [5.41, 5.74) is 0.689. The number of likely N-dealkylation sites (N-methyl/N-ethyl adjacent to an activating group) is 1. The van der Waals surface area contributed by atoms with Crippen LogP contribution in [-0.2, 0) is 9.53 Å². The van der Waals surface area contributed by atoms with Gasteiger partial charge in [-0.05, 0) is 12.1 Å². The Bertz CT molecular complexity index is 300. The molecule has 0 saturated heterocycles. The van der Waals surface area contributed by atoms with E-state index in [2.05, 4.69) is 10.3 Å². The molecular formula is C10H15N3O2. The van der Waals surface area contributed by atoms with E-state index >= 15 is 0 Å². The number of methoxy groups -OCH3 is 1. The summed E-state index contributed by atoms with van der Waals surface area (Å²) in [6.45, 7) is 1.44. The molecule has 5 heteroatoms. The third-order valence-corrected chi connectivity index (χ3v) is 2.00. The average Bonchev–Trinajstić information content (AvgIpc) is 2.27. The van der Waals surface area contributed by atoms with Gasteiger partial charge < -0.3 is 15.0 Å². The Hall–Kier alpha value is -1.62. The van der Waals surface area contributed by atoms with Crippen LogP contribution in [0.15, 0.2) is 18.3 Å². The number of pyridine rings is 1. The SMILES string of the molecule is COCCN(C)c1ccc(NC=O)cn1. The van der Waals surface area contributed by atoms with E-state index in [9.17, 15) is 4.79 Å². The van der Waals surface area contributed by atoms with Crippen LogP contribution in [0.2, 0.25) is 0 Å². The number of hydrogen-bond donors (Lipinski definition) is 1. The fraction of sp³-hybridized carbons (Fsp3) is 0.400. The predicted octanol–water partition coefficient (Wildman–Crippen LogP) is 0.733. The Morgan fingerprint density at radius 1 is 1.60 bits per heavy atom. The number of amides is 1. The molecule has 1 rings (SSSR count). The van der Waals surface area contributed by atoms with Gasteiger partial charge in [0.1, 0.15) is 5.82 Å². The molecule has 5 nitrogen and oxygen atoms in total. The first-order valence-corrected chi connectivity index (χ1v) is 4.64. The maximum absolute atomic E-state index is 10.2. The highest BCUT2D eigenvalue weighted by molar-refractivity contribution is 5.70. The van der Waals surface area contributed by atoms with E-state index in [1.54, 1.807) is 19.4 Å². The first kappa shape index (κ1) is 11.5. The highest BCUT2D eigenvalue weighted by Crippen LogP contribution is 2.11. The monoisotopic (exact) mass is 209 g/mol. The molecule has 0 spiro atoms. The van der Waals surface area contributed by atoms with Crippen molar-refractivity contribution in [3.05, 3.63) is 18.3 Å². The van der Waals surface area contributed by atoms with E-state index in [-0.39, 0.29) is 0 Å². The van der Waals surface area contributed by atoms with Crippen LogP contribution in [0, 0.1) is 0 Å². The molecule has 0 aliphatic carbocycles. The first-order chi connectivity index (χ1) is 7.27. The second kappa shape index (κ2) is 5.98. The molecule has 0 saturated carbocycles. The van der Waals surface area contributed by atoms with Gasteiger partial charge in [0, 0.05) is 20.7 Å². The Labute approximate surface area is 89.1 Å². The second-order valence-corrected chi connectivity index (χ2v) is 3.08. The van der Waals surface area contributed by atoms with Gasteiger partial charge >= 0.3 is 0 Å². The number of ether oxygens (including phenoxy) is 1. The molecule has 0 aliphatic rings. The number of nitrogens with zero attached hydrogens (tertiary/aromatic N) is 2. The Balaban J connectivity index is 2.58. The van der Waals surface area contributed by atoms with Crippen LogP contribution >= 0.6 is 0 Å². The molecule has 0 aliphatic heterocycles. The maximum atomic E-state index is 10.2. The molecule has 0 bridgehead atoms. The summed E-state index contributed by atoms with van der Waals surface area (Å²) in [5.74, 6) is 0.850. The minimum absolute atomic E-state index is 0.630. The van der Waals surface area contributed by atoms with E-state index in [1.165, 1.54) is 0 Å². The highest BCUT2D eigenvalue weighted by atomic mass is 16.5. The van der Waals surface area contributed by atoms with Gasteiger partial charge in [0.25, 0.3) is 0 Å². The van der Waals surface area contributed by atoms with E-state index in [1.807, 2.05) is 18.0 Å². The Morgan fingerprint density at radius 3 is 2.93 bits per heavy atom. The number of rotatable bonds is 6. The molecule has 0 atom stereocenters. The zero-order valence-electron chi connectivity index (χ0n) is 8.93. The smallest absolute Gasteiger partial charge is 0.211 e. The third kappa shape index (κ3) is 3.55. The van der Waals surface area contributed by atoms with Gasteiger partial charge in [0.2, 0.25) is 6.41 Å². The number of nitrogens with one attached hydrogen (secondary N) is 1. The fourth-order valence-corrected chi connectivity index (χ4v) is 1.11. The number of hydrogen-bond acceptors (Lipinski definition) is 4. The van der Waals surface area contributed by atoms with Crippen LogP contribution in [0.4, 0.5) is 11.5 Å². The van der Waals surface area contributed by atoms with Crippen LogP contribution < -0.4 is 10.2 Å². The van der Waals surface area contributed by atoms with Crippen molar-refractivity contribution in [2.75, 3.05) is 37.5 Å². The summed E-state index contributed by atoms with van der Waals surface area (Å²) in [6.07, 6.45) is 2.25. The molecule has 0 fully saturated rings. The summed E-state index contributed by atoms with van der Waals surface area (Å²) in [6, 6.07) is 3.65. The number of anilines is 2. The van der Waals surface area contributed by atoms with E-state index < -0.39 is 0 Å². The minimum Gasteiger partial charge on any atom is -0.383 e. The first-order valence-electron chi connectivity index (χ1n) is 4.64. The molecule has 1 heterocycles. The van der Waals surface area contributed by atoms with Gasteiger partial charge in [-0.15, -0.1) is 0 Å². The average molecular weight is 209 g/mol. The minimum atomic E-state index is 0.630. The van der Waals surface area contributed by atoms with Gasteiger partial charge in [0.05, 0.1) is 18.5 Å². The van der Waals surface area contributed by atoms with Gasteiger partial charge in [-0.3, -0.25) is 4.79 Å². The normalized spacial score (nSPS) is 9.73. The molecule has 0 radical (unpaired) electrons. The van der Waals surface area contributed by atoms with E-state index in [0.717, 1.165) is 12.4 Å². The molecule has 0 unspecified atom stereocenters. The second-order valence-electron chi connectivity index (χ2n) is 3.08. The van der Waals surface area contributed by atoms with Crippen LogP contribution in [0.25, 0.3) is 0 Å². The largest absolute Gasteiger partial charge is 0.383 e. The van der Waals surface area contributed by atoms with Crippen molar-refractivity contribution >= 4 is 17.9 Å². The maximum Gasteiger partial charge on any atom is 0.211 e. The summed E-state index contributed by atoms with van der Waals surface area (Å²) < 4.78 is 4.97. The molecule has 1 N–H and O–H groups in total. The third-order valence-electron chi connectivity index (χ3n) is 2.00. The van der Waals surface area contributed by atoms with Crippen LogP contribution in [0.5, 0.6) is 0 Å². The zero-order chi connectivity index (χ0) is 11.1. The van der Waals surface area contributed by atoms with Crippen molar-refractivity contribution in [1.82, 2.24) is 4.98 Å². The lowest BCUT2D eigenvalue weighted by molar-refractivity contribution is -0.105. The van der Waals surface area contributed by atoms with Crippen molar-refractivity contribution in [3.8, 4) is 0 Å². The molecular weight excluding hydrogens is 194 g/mol. The summed E-state index contributed by atoms with van der Waals surface area (Å²) >= 11 is 0. The van der Waals surface area contributed by atoms with Crippen LogP contribution in [0.3, 0.4) is 0 Å². The van der Waals surface area contributed by atoms with Crippen molar-refractivity contribution in [2.24, 2.45) is 0 Å². The summed E-state index contributed by atoms with van der Waals surface area (Å²) in [7, 11) is 3.60. The lowest BCUT2D eigenvalue weighted by Crippen LogP contribution is -2.22. The van der Waals surface area contributed by atoms with E-state index in [4.69, 9.17) is 4.74 Å². The van der Waals surface area contributed by atoms with E-state index in [0.29, 0.717) is 18.7 Å². The number of aromatic nitrogens is 1. The van der Waals surface area contributed by atoms with Gasteiger partial charge in [-0.2, -0.15) is 0 Å². The molecule has 0 aromatic carbocycles. The summed E-state index contributed by atoms with van der Waals surface area (Å²) in [4.78, 5) is 16.3. The lowest BCUT2D eigenvalue weighted by Gasteiger charge is -2.17. The Kier molecular flexibility index (Phi) is 4.56. The van der Waals surface area contributed by atoms with Crippen molar-refractivity contribution < 1.29 is 9.53 Å². The van der Waals surface area contributed by atoms with Crippen molar-refractivity contribution in [2.45, 2.75) is 0 Å². The molecule has 1 amide bonds. The van der Waals surface area contributed by atoms with Gasteiger partial charge in [-0.25, -0.2) is 4.98 Å². The molecule has 15 heavy (non-hydrogen) atoms. The summed E-state index contributed by atoms with van der Waals surface area (Å²) in [5, 5.41) is 2.53. The topological polar surface area (TPSA) is 54.5 Å². The quantitative estimate of drug-likeness (QED) is 0.702. The standard InChI is InChI=1S/C10H15N3O2/c1-13(5-6-15-2)10-4-3-9(7-11-10)12-8-14/h3-4,7-8H,5-6H2,1-2H3,(H,12,14). The molecule has 1 aromatic rings. The predicted molar refractivity (Wildman–Crippen MR) is 59.1 cm³/mol. The van der Waals surface area contributed by atoms with Crippen LogP contribution in [0.1, 0.15) is 0 Å². The zero-order valence-corrected chi connectivity index (χ0v) is 8.93. The van der Waals surface area contributed by atoms with Crippen molar-refractivity contribution in [3.63, 3.8) is 0 Å². The van der Waals surface area contributed by atoms with Gasteiger partial charge in [0.15, 0.2) is 0 Å². The van der Waals surface area contributed by atoms with Crippen molar-refractivity contribution in [1.29, 1.82) is 0 Å². The van der Waals surface area contributed by atoms with Crippen LogP contribution in [-0.4, -0.2) is 38.7 Å². The lowest BCUT2D eigenvalue weighted by atomic mass is 10.4.